The number of hydrogen-bond acceptors (Lipinski definition) is 3. The highest BCUT2D eigenvalue weighted by atomic mass is 79.9. The Hall–Kier alpha value is -0.570. The second-order valence-corrected chi connectivity index (χ2v) is 6.07. The summed E-state index contributed by atoms with van der Waals surface area (Å²) < 4.78 is 22.9. The van der Waals surface area contributed by atoms with Crippen LogP contribution in [0, 0.1) is 18.3 Å². The molecule has 0 aliphatic rings. The highest BCUT2D eigenvalue weighted by Crippen LogP contribution is 2.27. The third-order valence-corrected chi connectivity index (χ3v) is 3.55. The smallest absolute Gasteiger partial charge is 0.207 e. The van der Waals surface area contributed by atoms with E-state index in [4.69, 9.17) is 15.9 Å². The highest BCUT2D eigenvalue weighted by Gasteiger charge is 2.19. The first-order valence-electron chi connectivity index (χ1n) is 3.51. The van der Waals surface area contributed by atoms with E-state index in [1.165, 1.54) is 6.07 Å². The number of hydrogen-bond donors (Lipinski definition) is 0. The third-order valence-electron chi connectivity index (χ3n) is 1.60. The topological polar surface area (TPSA) is 57.9 Å². The molecule has 0 heterocycles. The van der Waals surface area contributed by atoms with Crippen molar-refractivity contribution in [1.82, 2.24) is 0 Å². The molecular weight excluding hydrogens is 290 g/mol. The molecule has 3 nitrogen and oxygen atoms in total. The molecule has 74 valence electrons. The van der Waals surface area contributed by atoms with Crippen molar-refractivity contribution in [2.24, 2.45) is 0 Å². The Labute approximate surface area is 94.9 Å². The Morgan fingerprint density at radius 1 is 1.50 bits per heavy atom. The molecule has 0 spiro atoms. The van der Waals surface area contributed by atoms with Crippen molar-refractivity contribution in [3.05, 3.63) is 27.7 Å². The van der Waals surface area contributed by atoms with Crippen LogP contribution in [0.3, 0.4) is 0 Å². The number of aryl methyl sites for hydroxylation is 1. The van der Waals surface area contributed by atoms with Crippen LogP contribution in [-0.4, -0.2) is 8.42 Å². The molecule has 0 saturated carbocycles. The van der Waals surface area contributed by atoms with Gasteiger partial charge in [-0.3, -0.25) is 0 Å². The van der Waals surface area contributed by atoms with Gasteiger partial charge in [-0.25, -0.2) is 8.42 Å². The molecule has 1 aromatic carbocycles. The normalized spacial score (nSPS) is 11.0. The quantitative estimate of drug-likeness (QED) is 0.748. The molecule has 0 fully saturated rings. The molecule has 0 aliphatic heterocycles. The molecule has 0 amide bonds. The van der Waals surface area contributed by atoms with Crippen molar-refractivity contribution < 1.29 is 8.42 Å². The lowest BCUT2D eigenvalue weighted by molar-refractivity contribution is 0.609. The van der Waals surface area contributed by atoms with Crippen LogP contribution in [0.25, 0.3) is 0 Å². The van der Waals surface area contributed by atoms with Crippen molar-refractivity contribution in [3.8, 4) is 6.07 Å². The van der Waals surface area contributed by atoms with Crippen LogP contribution in [0.1, 0.15) is 11.1 Å². The lowest BCUT2D eigenvalue weighted by Gasteiger charge is -2.04. The highest BCUT2D eigenvalue weighted by molar-refractivity contribution is 9.10. The van der Waals surface area contributed by atoms with Crippen molar-refractivity contribution >= 4 is 35.7 Å². The molecule has 0 aromatic heterocycles. The van der Waals surface area contributed by atoms with Crippen LogP contribution in [0.4, 0.5) is 0 Å². The molecular formula is C8H5BrClNO2S. The summed E-state index contributed by atoms with van der Waals surface area (Å²) in [7, 11) is 1.34. The second kappa shape index (κ2) is 3.89. The van der Waals surface area contributed by atoms with Crippen LogP contribution in [0.5, 0.6) is 0 Å². The summed E-state index contributed by atoms with van der Waals surface area (Å²) in [6, 6.07) is 4.80. The fourth-order valence-corrected chi connectivity index (χ4v) is 3.13. The van der Waals surface area contributed by atoms with E-state index in [2.05, 4.69) is 15.9 Å². The van der Waals surface area contributed by atoms with Gasteiger partial charge in [0.2, 0.25) is 0 Å². The summed E-state index contributed by atoms with van der Waals surface area (Å²) in [5.74, 6) is 0. The van der Waals surface area contributed by atoms with Gasteiger partial charge in [0, 0.05) is 15.2 Å². The SMILES string of the molecule is Cc1cc(Br)cc(C#N)c1S(=O)(=O)Cl. The molecule has 1 aromatic rings. The van der Waals surface area contributed by atoms with Gasteiger partial charge >= 0.3 is 0 Å². The molecule has 14 heavy (non-hydrogen) atoms. The summed E-state index contributed by atoms with van der Waals surface area (Å²) in [5.41, 5.74) is 0.498. The largest absolute Gasteiger partial charge is 0.262 e. The predicted octanol–water partition coefficient (Wildman–Crippen LogP) is 2.56. The standard InChI is InChI=1S/C8H5BrClNO2S/c1-5-2-7(9)3-6(4-11)8(5)14(10,12)13/h2-3H,1H3. The number of nitriles is 1. The Morgan fingerprint density at radius 2 is 2.07 bits per heavy atom. The van der Waals surface area contributed by atoms with Gasteiger partial charge in [0.15, 0.2) is 0 Å². The third kappa shape index (κ3) is 2.27. The monoisotopic (exact) mass is 293 g/mol. The first-order chi connectivity index (χ1) is 6.36. The first-order valence-corrected chi connectivity index (χ1v) is 6.61. The lowest BCUT2D eigenvalue weighted by atomic mass is 10.1. The molecule has 0 radical (unpaired) electrons. The number of benzene rings is 1. The molecule has 6 heteroatoms. The Kier molecular flexibility index (Phi) is 3.20. The van der Waals surface area contributed by atoms with Crippen molar-refractivity contribution in [1.29, 1.82) is 5.26 Å². The molecule has 0 aliphatic carbocycles. The van der Waals surface area contributed by atoms with Crippen LogP contribution < -0.4 is 0 Å². The van der Waals surface area contributed by atoms with Crippen LogP contribution >= 0.6 is 26.6 Å². The maximum Gasteiger partial charge on any atom is 0.262 e. The summed E-state index contributed by atoms with van der Waals surface area (Å²) in [6.07, 6.45) is 0. The molecule has 0 unspecified atom stereocenters. The van der Waals surface area contributed by atoms with Gasteiger partial charge in [0.25, 0.3) is 9.05 Å². The van der Waals surface area contributed by atoms with Crippen molar-refractivity contribution in [2.75, 3.05) is 0 Å². The van der Waals surface area contributed by atoms with Gasteiger partial charge < -0.3 is 0 Å². The minimum absolute atomic E-state index is 0.0480. The molecule has 0 saturated heterocycles. The minimum atomic E-state index is -3.86. The van der Waals surface area contributed by atoms with E-state index >= 15 is 0 Å². The summed E-state index contributed by atoms with van der Waals surface area (Å²) in [4.78, 5) is -0.120. The second-order valence-electron chi connectivity index (χ2n) is 2.65. The van der Waals surface area contributed by atoms with E-state index in [-0.39, 0.29) is 10.5 Å². The van der Waals surface area contributed by atoms with E-state index in [1.807, 2.05) is 0 Å². The molecule has 0 atom stereocenters. The number of rotatable bonds is 1. The maximum absolute atomic E-state index is 11.1. The van der Waals surface area contributed by atoms with Gasteiger partial charge in [-0.2, -0.15) is 5.26 Å². The van der Waals surface area contributed by atoms with Crippen LogP contribution in [0.15, 0.2) is 21.5 Å². The van der Waals surface area contributed by atoms with Gasteiger partial charge in [0.05, 0.1) is 5.56 Å². The lowest BCUT2D eigenvalue weighted by Crippen LogP contribution is -1.98. The Balaban J connectivity index is 3.68. The van der Waals surface area contributed by atoms with Crippen LogP contribution in [-0.2, 0) is 9.05 Å². The maximum atomic E-state index is 11.1. The van der Waals surface area contributed by atoms with E-state index in [0.717, 1.165) is 0 Å². The van der Waals surface area contributed by atoms with Crippen molar-refractivity contribution in [2.45, 2.75) is 11.8 Å². The Bertz CT molecular complexity index is 519. The number of halogens is 2. The Morgan fingerprint density at radius 3 is 2.50 bits per heavy atom. The summed E-state index contributed by atoms with van der Waals surface area (Å²) in [5, 5.41) is 8.74. The number of nitrogens with zero attached hydrogens (tertiary/aromatic N) is 1. The van der Waals surface area contributed by atoms with Gasteiger partial charge in [0.1, 0.15) is 11.0 Å². The molecule has 0 bridgehead atoms. The van der Waals surface area contributed by atoms with Gasteiger partial charge in [-0.1, -0.05) is 15.9 Å². The zero-order chi connectivity index (χ0) is 10.9. The van der Waals surface area contributed by atoms with E-state index in [9.17, 15) is 8.42 Å². The zero-order valence-electron chi connectivity index (χ0n) is 7.08. The fraction of sp³-hybridized carbons (Fsp3) is 0.125. The average Bonchev–Trinajstić information content (AvgIpc) is 1.99. The first kappa shape index (κ1) is 11.5. The van der Waals surface area contributed by atoms with E-state index < -0.39 is 9.05 Å². The van der Waals surface area contributed by atoms with E-state index in [1.54, 1.807) is 19.1 Å². The predicted molar refractivity (Wildman–Crippen MR) is 56.6 cm³/mol. The van der Waals surface area contributed by atoms with Crippen molar-refractivity contribution in [3.63, 3.8) is 0 Å². The average molecular weight is 295 g/mol. The van der Waals surface area contributed by atoms with Gasteiger partial charge in [-0.05, 0) is 24.6 Å². The van der Waals surface area contributed by atoms with E-state index in [0.29, 0.717) is 10.0 Å². The molecule has 0 N–H and O–H groups in total. The fourth-order valence-electron chi connectivity index (χ4n) is 1.14. The van der Waals surface area contributed by atoms with Gasteiger partial charge in [-0.15, -0.1) is 0 Å². The van der Waals surface area contributed by atoms with Crippen LogP contribution in [0.2, 0.25) is 0 Å². The molecule has 1 rings (SSSR count). The zero-order valence-corrected chi connectivity index (χ0v) is 10.2. The minimum Gasteiger partial charge on any atom is -0.207 e. The summed E-state index contributed by atoms with van der Waals surface area (Å²) >= 11 is 3.17. The summed E-state index contributed by atoms with van der Waals surface area (Å²) in [6.45, 7) is 1.58.